The molecule has 0 aliphatic rings. The highest BCUT2D eigenvalue weighted by molar-refractivity contribution is 6.17. The first kappa shape index (κ1) is 13.9. The minimum absolute atomic E-state index is 0.488. The third kappa shape index (κ3) is 3.70. The van der Waals surface area contributed by atoms with E-state index in [-0.39, 0.29) is 0 Å². The van der Waals surface area contributed by atoms with Gasteiger partial charge in [-0.3, -0.25) is 4.90 Å². The molecule has 0 bridgehead atoms. The molecule has 2 rings (SSSR count). The number of unbranched alkanes of at least 4 members (excludes halogenated alkanes) is 1. The molecule has 0 saturated heterocycles. The molecule has 1 aromatic heterocycles. The zero-order chi connectivity index (χ0) is 13.5. The number of aromatic nitrogens is 2. The summed E-state index contributed by atoms with van der Waals surface area (Å²) in [5, 5.41) is 8.13. The highest BCUT2D eigenvalue weighted by atomic mass is 35.5. The smallest absolute Gasteiger partial charge is 0.322 e. The van der Waals surface area contributed by atoms with E-state index >= 15 is 0 Å². The van der Waals surface area contributed by atoms with E-state index in [2.05, 4.69) is 17.1 Å². The van der Waals surface area contributed by atoms with Crippen LogP contribution in [0.5, 0.6) is 0 Å². The van der Waals surface area contributed by atoms with Gasteiger partial charge in [0.15, 0.2) is 0 Å². The van der Waals surface area contributed by atoms with E-state index in [0.717, 1.165) is 25.1 Å². The quantitative estimate of drug-likeness (QED) is 0.723. The molecule has 4 nitrogen and oxygen atoms in total. The Morgan fingerprint density at radius 2 is 2.00 bits per heavy atom. The van der Waals surface area contributed by atoms with Crippen LogP contribution in [-0.4, -0.2) is 22.6 Å². The summed E-state index contributed by atoms with van der Waals surface area (Å²) < 4.78 is 5.66. The standard InChI is InChI=1S/C14H18ClN3O/c1-2-3-11-18(12-7-5-4-6-8-12)14-17-16-13(19-14)9-10-15/h4-8H,2-3,9-11H2,1H3. The van der Waals surface area contributed by atoms with E-state index in [4.69, 9.17) is 16.0 Å². The zero-order valence-electron chi connectivity index (χ0n) is 11.1. The van der Waals surface area contributed by atoms with E-state index in [0.29, 0.717) is 24.2 Å². The molecule has 19 heavy (non-hydrogen) atoms. The van der Waals surface area contributed by atoms with Gasteiger partial charge in [-0.1, -0.05) is 36.6 Å². The molecular formula is C14H18ClN3O. The lowest BCUT2D eigenvalue weighted by Crippen LogP contribution is -2.18. The van der Waals surface area contributed by atoms with Crippen LogP contribution < -0.4 is 4.90 Å². The van der Waals surface area contributed by atoms with Gasteiger partial charge in [-0.25, -0.2) is 0 Å². The highest BCUT2D eigenvalue weighted by Gasteiger charge is 2.15. The van der Waals surface area contributed by atoms with Gasteiger partial charge in [0.1, 0.15) is 0 Å². The number of benzene rings is 1. The molecule has 102 valence electrons. The number of halogens is 1. The maximum absolute atomic E-state index is 5.68. The molecule has 0 spiro atoms. The number of alkyl halides is 1. The normalized spacial score (nSPS) is 10.6. The summed E-state index contributed by atoms with van der Waals surface area (Å²) in [6.07, 6.45) is 2.79. The van der Waals surface area contributed by atoms with Crippen molar-refractivity contribution in [2.75, 3.05) is 17.3 Å². The maximum atomic E-state index is 5.68. The zero-order valence-corrected chi connectivity index (χ0v) is 11.8. The molecule has 0 radical (unpaired) electrons. The van der Waals surface area contributed by atoms with Gasteiger partial charge in [0.05, 0.1) is 0 Å². The summed E-state index contributed by atoms with van der Waals surface area (Å²) in [5.74, 6) is 1.07. The summed E-state index contributed by atoms with van der Waals surface area (Å²) in [6.45, 7) is 3.03. The molecule has 5 heteroatoms. The van der Waals surface area contributed by atoms with Gasteiger partial charge in [0.2, 0.25) is 5.89 Å². The Hall–Kier alpha value is -1.55. The Labute approximate surface area is 118 Å². The molecule has 0 atom stereocenters. The molecule has 0 fully saturated rings. The van der Waals surface area contributed by atoms with Crippen LogP contribution in [0.25, 0.3) is 0 Å². The van der Waals surface area contributed by atoms with Gasteiger partial charge < -0.3 is 4.42 Å². The molecule has 0 amide bonds. The van der Waals surface area contributed by atoms with Crippen LogP contribution in [0.15, 0.2) is 34.7 Å². The van der Waals surface area contributed by atoms with E-state index in [1.807, 2.05) is 35.2 Å². The van der Waals surface area contributed by atoms with Crippen molar-refractivity contribution in [3.8, 4) is 0 Å². The molecule has 0 N–H and O–H groups in total. The summed E-state index contributed by atoms with van der Waals surface area (Å²) in [5.41, 5.74) is 1.07. The Morgan fingerprint density at radius 3 is 2.68 bits per heavy atom. The van der Waals surface area contributed by atoms with Crippen molar-refractivity contribution < 1.29 is 4.42 Å². The second-order valence-corrected chi connectivity index (χ2v) is 4.64. The van der Waals surface area contributed by atoms with Crippen molar-refractivity contribution in [2.24, 2.45) is 0 Å². The number of anilines is 2. The van der Waals surface area contributed by atoms with Crippen LogP contribution in [0.2, 0.25) is 0 Å². The third-order valence-electron chi connectivity index (χ3n) is 2.80. The van der Waals surface area contributed by atoms with Crippen LogP contribution in [0, 0.1) is 0 Å². The van der Waals surface area contributed by atoms with Crippen molar-refractivity contribution in [3.63, 3.8) is 0 Å². The monoisotopic (exact) mass is 279 g/mol. The summed E-state index contributed by atoms with van der Waals surface area (Å²) in [6, 6.07) is 10.6. The molecular weight excluding hydrogens is 262 g/mol. The lowest BCUT2D eigenvalue weighted by atomic mass is 10.2. The van der Waals surface area contributed by atoms with Gasteiger partial charge in [0, 0.05) is 24.5 Å². The van der Waals surface area contributed by atoms with Crippen molar-refractivity contribution in [1.29, 1.82) is 0 Å². The van der Waals surface area contributed by atoms with Crippen LogP contribution in [0.1, 0.15) is 25.7 Å². The van der Waals surface area contributed by atoms with Crippen LogP contribution in [0.4, 0.5) is 11.7 Å². The fourth-order valence-electron chi connectivity index (χ4n) is 1.80. The largest absolute Gasteiger partial charge is 0.408 e. The second-order valence-electron chi connectivity index (χ2n) is 4.26. The number of aryl methyl sites for hydroxylation is 1. The Kier molecular flexibility index (Phi) is 5.21. The minimum atomic E-state index is 0.488. The summed E-state index contributed by atoms with van der Waals surface area (Å²) in [7, 11) is 0. The van der Waals surface area contributed by atoms with Crippen molar-refractivity contribution in [3.05, 3.63) is 36.2 Å². The van der Waals surface area contributed by atoms with Crippen LogP contribution >= 0.6 is 11.6 Å². The first-order valence-electron chi connectivity index (χ1n) is 6.56. The minimum Gasteiger partial charge on any atom is -0.408 e. The topological polar surface area (TPSA) is 42.2 Å². The van der Waals surface area contributed by atoms with Crippen LogP contribution in [0.3, 0.4) is 0 Å². The number of hydrogen-bond acceptors (Lipinski definition) is 4. The van der Waals surface area contributed by atoms with E-state index in [9.17, 15) is 0 Å². The fourth-order valence-corrected chi connectivity index (χ4v) is 1.96. The van der Waals surface area contributed by atoms with Crippen LogP contribution in [-0.2, 0) is 6.42 Å². The van der Waals surface area contributed by atoms with Gasteiger partial charge in [-0.05, 0) is 18.6 Å². The average molecular weight is 280 g/mol. The summed E-state index contributed by atoms with van der Waals surface area (Å²) >= 11 is 5.68. The summed E-state index contributed by atoms with van der Waals surface area (Å²) in [4.78, 5) is 2.05. The first-order chi connectivity index (χ1) is 9.35. The molecule has 1 heterocycles. The van der Waals surface area contributed by atoms with Gasteiger partial charge in [-0.2, -0.15) is 0 Å². The third-order valence-corrected chi connectivity index (χ3v) is 2.99. The molecule has 2 aromatic rings. The second kappa shape index (κ2) is 7.14. The van der Waals surface area contributed by atoms with E-state index < -0.39 is 0 Å². The molecule has 0 aliphatic carbocycles. The van der Waals surface area contributed by atoms with Gasteiger partial charge in [-0.15, -0.1) is 16.7 Å². The van der Waals surface area contributed by atoms with Gasteiger partial charge in [0.25, 0.3) is 0 Å². The van der Waals surface area contributed by atoms with Crippen molar-refractivity contribution in [2.45, 2.75) is 26.2 Å². The Morgan fingerprint density at radius 1 is 1.21 bits per heavy atom. The predicted molar refractivity (Wildman–Crippen MR) is 77.1 cm³/mol. The van der Waals surface area contributed by atoms with Crippen molar-refractivity contribution in [1.82, 2.24) is 10.2 Å². The number of nitrogens with zero attached hydrogens (tertiary/aromatic N) is 3. The average Bonchev–Trinajstić information content (AvgIpc) is 2.89. The maximum Gasteiger partial charge on any atom is 0.322 e. The first-order valence-corrected chi connectivity index (χ1v) is 7.09. The van der Waals surface area contributed by atoms with Crippen molar-refractivity contribution >= 4 is 23.3 Å². The predicted octanol–water partition coefficient (Wildman–Crippen LogP) is 3.79. The molecule has 1 aromatic carbocycles. The Bertz CT molecular complexity index is 486. The number of para-hydroxylation sites is 1. The molecule has 0 saturated carbocycles. The van der Waals surface area contributed by atoms with Gasteiger partial charge >= 0.3 is 6.01 Å². The molecule has 0 unspecified atom stereocenters. The lowest BCUT2D eigenvalue weighted by Gasteiger charge is -2.19. The van der Waals surface area contributed by atoms with E-state index in [1.165, 1.54) is 0 Å². The Balaban J connectivity index is 2.21. The van der Waals surface area contributed by atoms with E-state index in [1.54, 1.807) is 0 Å². The SMILES string of the molecule is CCCCN(c1ccccc1)c1nnc(CCCl)o1. The lowest BCUT2D eigenvalue weighted by molar-refractivity contribution is 0.498. The number of hydrogen-bond donors (Lipinski definition) is 0. The highest BCUT2D eigenvalue weighted by Crippen LogP contribution is 2.24. The number of rotatable bonds is 7. The fraction of sp³-hybridized carbons (Fsp3) is 0.429. The molecule has 0 aliphatic heterocycles.